The van der Waals surface area contributed by atoms with Gasteiger partial charge in [-0.2, -0.15) is 0 Å². The van der Waals surface area contributed by atoms with Gasteiger partial charge in [-0.15, -0.1) is 0 Å². The molecule has 1 atom stereocenters. The zero-order valence-electron chi connectivity index (χ0n) is 20.5. The van der Waals surface area contributed by atoms with Crippen molar-refractivity contribution < 1.29 is 14.3 Å². The normalized spacial score (nSPS) is 12.4. The Hall–Kier alpha value is -3.80. The largest absolute Gasteiger partial charge is 0.493 e. The highest BCUT2D eigenvalue weighted by molar-refractivity contribution is 5.95. The first-order valence-corrected chi connectivity index (χ1v) is 11.3. The zero-order chi connectivity index (χ0) is 24.5. The molecular weight excluding hydrogens is 426 g/mol. The molecule has 0 aliphatic heterocycles. The van der Waals surface area contributed by atoms with E-state index in [-0.39, 0.29) is 11.3 Å². The molecule has 34 heavy (non-hydrogen) atoms. The molecule has 1 aromatic heterocycles. The number of fused-ring (bicyclic) bond motifs is 1. The van der Waals surface area contributed by atoms with Gasteiger partial charge in [-0.1, -0.05) is 57.2 Å². The SMILES string of the molecule is COc1ccc(NC(=O)C(C)n2c(-c3ccc(C(C)(C)C)cc3)nc3ccccc32)cc1OC. The zero-order valence-corrected chi connectivity index (χ0v) is 20.5. The van der Waals surface area contributed by atoms with Crippen LogP contribution in [0.5, 0.6) is 11.5 Å². The highest BCUT2D eigenvalue weighted by Gasteiger charge is 2.23. The van der Waals surface area contributed by atoms with Crippen LogP contribution in [0.15, 0.2) is 66.7 Å². The van der Waals surface area contributed by atoms with Crippen LogP contribution in [0.4, 0.5) is 5.69 Å². The molecule has 0 aliphatic rings. The van der Waals surface area contributed by atoms with Crippen LogP contribution < -0.4 is 14.8 Å². The van der Waals surface area contributed by atoms with Crippen molar-refractivity contribution in [3.8, 4) is 22.9 Å². The first-order valence-electron chi connectivity index (χ1n) is 11.3. The minimum atomic E-state index is -0.502. The molecule has 1 N–H and O–H groups in total. The second kappa shape index (κ2) is 9.21. The van der Waals surface area contributed by atoms with Gasteiger partial charge in [0.15, 0.2) is 11.5 Å². The van der Waals surface area contributed by atoms with Crippen LogP contribution >= 0.6 is 0 Å². The van der Waals surface area contributed by atoms with E-state index in [2.05, 4.69) is 50.4 Å². The van der Waals surface area contributed by atoms with Gasteiger partial charge in [-0.25, -0.2) is 4.98 Å². The lowest BCUT2D eigenvalue weighted by Gasteiger charge is -2.20. The highest BCUT2D eigenvalue weighted by Crippen LogP contribution is 2.33. The lowest BCUT2D eigenvalue weighted by molar-refractivity contribution is -0.118. The molecule has 1 heterocycles. The molecule has 4 aromatic rings. The first-order chi connectivity index (χ1) is 16.2. The summed E-state index contributed by atoms with van der Waals surface area (Å²) in [5, 5.41) is 3.01. The Bertz CT molecular complexity index is 1320. The fourth-order valence-corrected chi connectivity index (χ4v) is 4.04. The minimum Gasteiger partial charge on any atom is -0.493 e. The van der Waals surface area contributed by atoms with Crippen LogP contribution in [-0.4, -0.2) is 29.7 Å². The number of aromatic nitrogens is 2. The molecular formula is C28H31N3O3. The van der Waals surface area contributed by atoms with Gasteiger partial charge in [-0.05, 0) is 42.2 Å². The van der Waals surface area contributed by atoms with E-state index in [9.17, 15) is 4.79 Å². The van der Waals surface area contributed by atoms with Crippen LogP contribution in [0.2, 0.25) is 0 Å². The molecule has 1 unspecified atom stereocenters. The summed E-state index contributed by atoms with van der Waals surface area (Å²) in [5.74, 6) is 1.77. The predicted molar refractivity (Wildman–Crippen MR) is 137 cm³/mol. The van der Waals surface area contributed by atoms with Crippen LogP contribution in [0.25, 0.3) is 22.4 Å². The maximum atomic E-state index is 13.3. The number of hydrogen-bond acceptors (Lipinski definition) is 4. The van der Waals surface area contributed by atoms with Crippen LogP contribution in [-0.2, 0) is 10.2 Å². The molecule has 176 valence electrons. The summed E-state index contributed by atoms with van der Waals surface area (Å²) in [6, 6.07) is 21.1. The standard InChI is InChI=1S/C28H31N3O3/c1-18(27(32)29-21-15-16-24(33-5)25(17-21)34-6)31-23-10-8-7-9-22(23)30-26(31)19-11-13-20(14-12-19)28(2,3)4/h7-18H,1-6H3,(H,29,32). The lowest BCUT2D eigenvalue weighted by atomic mass is 9.86. The van der Waals surface area contributed by atoms with Gasteiger partial charge in [0.25, 0.3) is 0 Å². The lowest BCUT2D eigenvalue weighted by Crippen LogP contribution is -2.24. The molecule has 6 nitrogen and oxygen atoms in total. The third kappa shape index (κ3) is 4.49. The summed E-state index contributed by atoms with van der Waals surface area (Å²) in [7, 11) is 3.15. The van der Waals surface area contributed by atoms with E-state index >= 15 is 0 Å². The molecule has 4 rings (SSSR count). The molecule has 0 spiro atoms. The summed E-state index contributed by atoms with van der Waals surface area (Å²) in [4.78, 5) is 18.2. The van der Waals surface area contributed by atoms with E-state index in [0.717, 1.165) is 22.4 Å². The average Bonchev–Trinajstić information content (AvgIpc) is 3.22. The third-order valence-electron chi connectivity index (χ3n) is 6.02. The summed E-state index contributed by atoms with van der Waals surface area (Å²) >= 11 is 0. The van der Waals surface area contributed by atoms with E-state index in [1.54, 1.807) is 32.4 Å². The number of carbonyl (C=O) groups excluding carboxylic acids is 1. The number of ether oxygens (including phenoxy) is 2. The van der Waals surface area contributed by atoms with E-state index in [1.807, 2.05) is 35.8 Å². The quantitative estimate of drug-likeness (QED) is 0.373. The van der Waals surface area contributed by atoms with Crippen LogP contribution in [0.3, 0.4) is 0 Å². The number of nitrogens with zero attached hydrogens (tertiary/aromatic N) is 2. The van der Waals surface area contributed by atoms with Crippen molar-refractivity contribution in [2.75, 3.05) is 19.5 Å². The number of carbonyl (C=O) groups is 1. The first kappa shape index (κ1) is 23.4. The Kier molecular flexibility index (Phi) is 6.33. The van der Waals surface area contributed by atoms with Gasteiger partial charge in [0.1, 0.15) is 11.9 Å². The monoisotopic (exact) mass is 457 g/mol. The average molecular weight is 458 g/mol. The third-order valence-corrected chi connectivity index (χ3v) is 6.02. The molecule has 0 bridgehead atoms. The molecule has 0 radical (unpaired) electrons. The molecule has 3 aromatic carbocycles. The van der Waals surface area contributed by atoms with Gasteiger partial charge in [0, 0.05) is 17.3 Å². The van der Waals surface area contributed by atoms with Crippen LogP contribution in [0, 0.1) is 0 Å². The van der Waals surface area contributed by atoms with Crippen molar-refractivity contribution in [1.82, 2.24) is 9.55 Å². The second-order valence-electron chi connectivity index (χ2n) is 9.36. The smallest absolute Gasteiger partial charge is 0.247 e. The Morgan fingerprint density at radius 3 is 2.26 bits per heavy atom. The molecule has 0 saturated carbocycles. The molecule has 0 aliphatic carbocycles. The number of amides is 1. The Morgan fingerprint density at radius 2 is 1.62 bits per heavy atom. The van der Waals surface area contributed by atoms with Crippen molar-refractivity contribution in [2.45, 2.75) is 39.2 Å². The maximum Gasteiger partial charge on any atom is 0.247 e. The van der Waals surface area contributed by atoms with Crippen molar-refractivity contribution in [2.24, 2.45) is 0 Å². The summed E-state index contributed by atoms with van der Waals surface area (Å²) in [6.45, 7) is 8.46. The fraction of sp³-hybridized carbons (Fsp3) is 0.286. The number of hydrogen-bond donors (Lipinski definition) is 1. The number of rotatable bonds is 6. The van der Waals surface area contributed by atoms with Gasteiger partial charge < -0.3 is 19.4 Å². The summed E-state index contributed by atoms with van der Waals surface area (Å²) in [5.41, 5.74) is 4.67. The molecule has 6 heteroatoms. The van der Waals surface area contributed by atoms with Crippen molar-refractivity contribution >= 4 is 22.6 Å². The highest BCUT2D eigenvalue weighted by atomic mass is 16.5. The minimum absolute atomic E-state index is 0.0608. The van der Waals surface area contributed by atoms with Gasteiger partial charge in [0.05, 0.1) is 25.3 Å². The van der Waals surface area contributed by atoms with Crippen molar-refractivity contribution in [3.63, 3.8) is 0 Å². The number of nitrogens with one attached hydrogen (secondary N) is 1. The van der Waals surface area contributed by atoms with Gasteiger partial charge in [-0.3, -0.25) is 4.79 Å². The number of para-hydroxylation sites is 2. The molecule has 0 saturated heterocycles. The Morgan fingerprint density at radius 1 is 0.941 bits per heavy atom. The van der Waals surface area contributed by atoms with E-state index in [4.69, 9.17) is 14.5 Å². The van der Waals surface area contributed by atoms with Crippen molar-refractivity contribution in [3.05, 3.63) is 72.3 Å². The molecule has 1 amide bonds. The predicted octanol–water partition coefficient (Wildman–Crippen LogP) is 6.22. The number of methoxy groups -OCH3 is 2. The Labute approximate surface area is 200 Å². The topological polar surface area (TPSA) is 65.4 Å². The number of benzene rings is 3. The number of imidazole rings is 1. The second-order valence-corrected chi connectivity index (χ2v) is 9.36. The van der Waals surface area contributed by atoms with Gasteiger partial charge >= 0.3 is 0 Å². The van der Waals surface area contributed by atoms with E-state index in [1.165, 1.54) is 5.56 Å². The summed E-state index contributed by atoms with van der Waals surface area (Å²) < 4.78 is 12.7. The maximum absolute atomic E-state index is 13.3. The fourth-order valence-electron chi connectivity index (χ4n) is 4.04. The Balaban J connectivity index is 1.71. The van der Waals surface area contributed by atoms with E-state index < -0.39 is 6.04 Å². The molecule has 0 fully saturated rings. The van der Waals surface area contributed by atoms with Crippen LogP contribution in [0.1, 0.15) is 39.3 Å². The van der Waals surface area contributed by atoms with E-state index in [0.29, 0.717) is 17.2 Å². The summed E-state index contributed by atoms with van der Waals surface area (Å²) in [6.07, 6.45) is 0. The van der Waals surface area contributed by atoms with Crippen molar-refractivity contribution in [1.29, 1.82) is 0 Å². The number of anilines is 1. The van der Waals surface area contributed by atoms with Gasteiger partial charge in [0.2, 0.25) is 5.91 Å².